The molecule has 38 heavy (non-hydrogen) atoms. The summed E-state index contributed by atoms with van der Waals surface area (Å²) in [5.74, 6) is -4.93. The van der Waals surface area contributed by atoms with Crippen molar-refractivity contribution in [2.45, 2.75) is 32.1 Å². The predicted octanol–water partition coefficient (Wildman–Crippen LogP) is 4.94. The van der Waals surface area contributed by atoms with Crippen LogP contribution in [0, 0.1) is 17.5 Å². The smallest absolute Gasteiger partial charge is 0.368 e. The summed E-state index contributed by atoms with van der Waals surface area (Å²) >= 11 is 0. The zero-order valence-electron chi connectivity index (χ0n) is 20.6. The van der Waals surface area contributed by atoms with Crippen molar-refractivity contribution in [2.75, 3.05) is 36.1 Å². The highest BCUT2D eigenvalue weighted by molar-refractivity contribution is 6.07. The molecule has 1 fully saturated rings. The van der Waals surface area contributed by atoms with Gasteiger partial charge in [0.1, 0.15) is 17.3 Å². The number of piperazine rings is 1. The summed E-state index contributed by atoms with van der Waals surface area (Å²) in [6, 6.07) is 2.43. The second-order valence-electron chi connectivity index (χ2n) is 9.18. The Morgan fingerprint density at radius 2 is 1.66 bits per heavy atom. The highest BCUT2D eigenvalue weighted by Gasteiger charge is 2.37. The van der Waals surface area contributed by atoms with Gasteiger partial charge in [0.15, 0.2) is 5.82 Å². The van der Waals surface area contributed by atoms with Crippen LogP contribution in [0.4, 0.5) is 43.7 Å². The standard InChI is InChI=1S/C25H24F6N6O/c1-12-10-37(11-13(2)36(12)3)19-7-18(27)20(14-8-33-24(32)34-9-14)21(28)22(19)35-23(38)16-5-4-15(26)6-17(16)25(29,30)31/h4-9,12-13H,10-11H2,1-3H3,(H,35,38)(H2,32,33,34)/t12-,13+. The van der Waals surface area contributed by atoms with Crippen LogP contribution in [-0.4, -0.2) is 53.0 Å². The van der Waals surface area contributed by atoms with Crippen LogP contribution in [0.15, 0.2) is 36.7 Å². The van der Waals surface area contributed by atoms with Crippen LogP contribution in [0.25, 0.3) is 11.1 Å². The number of amides is 1. The van der Waals surface area contributed by atoms with E-state index in [0.29, 0.717) is 25.2 Å². The Morgan fingerprint density at radius 1 is 1.05 bits per heavy atom. The van der Waals surface area contributed by atoms with E-state index in [4.69, 9.17) is 5.73 Å². The first-order chi connectivity index (χ1) is 17.8. The summed E-state index contributed by atoms with van der Waals surface area (Å²) in [6.07, 6.45) is -2.90. The molecule has 1 aromatic heterocycles. The predicted molar refractivity (Wildman–Crippen MR) is 130 cm³/mol. The fraction of sp³-hybridized carbons (Fsp3) is 0.320. The summed E-state index contributed by atoms with van der Waals surface area (Å²) in [4.78, 5) is 24.3. The van der Waals surface area contributed by atoms with Gasteiger partial charge in [0.05, 0.1) is 22.4 Å². The van der Waals surface area contributed by atoms with Crippen molar-refractivity contribution in [3.8, 4) is 11.1 Å². The maximum atomic E-state index is 16.0. The van der Waals surface area contributed by atoms with E-state index in [0.717, 1.165) is 18.5 Å². The minimum absolute atomic E-state index is 0.0486. The summed E-state index contributed by atoms with van der Waals surface area (Å²) in [7, 11) is 1.90. The number of hydrogen-bond acceptors (Lipinski definition) is 6. The lowest BCUT2D eigenvalue weighted by atomic mass is 10.0. The number of hydrogen-bond donors (Lipinski definition) is 2. The van der Waals surface area contributed by atoms with Gasteiger partial charge < -0.3 is 16.0 Å². The molecule has 4 rings (SSSR count). The number of aromatic nitrogens is 2. The highest BCUT2D eigenvalue weighted by Crippen LogP contribution is 2.40. The lowest BCUT2D eigenvalue weighted by molar-refractivity contribution is -0.138. The van der Waals surface area contributed by atoms with E-state index in [1.54, 1.807) is 4.90 Å². The number of nitrogen functional groups attached to an aromatic ring is 1. The van der Waals surface area contributed by atoms with E-state index in [-0.39, 0.29) is 35.3 Å². The fourth-order valence-corrected chi connectivity index (χ4v) is 4.44. The first-order valence-corrected chi connectivity index (χ1v) is 11.5. The second kappa shape index (κ2) is 10.1. The molecule has 2 aromatic carbocycles. The van der Waals surface area contributed by atoms with Gasteiger partial charge in [-0.15, -0.1) is 0 Å². The molecule has 1 amide bonds. The molecule has 1 aliphatic heterocycles. The molecule has 202 valence electrons. The van der Waals surface area contributed by atoms with E-state index in [9.17, 15) is 22.4 Å². The zero-order valence-corrected chi connectivity index (χ0v) is 20.6. The molecule has 3 aromatic rings. The topological polar surface area (TPSA) is 87.4 Å². The van der Waals surface area contributed by atoms with Crippen molar-refractivity contribution in [3.05, 3.63) is 65.2 Å². The van der Waals surface area contributed by atoms with Gasteiger partial charge in [-0.1, -0.05) is 0 Å². The number of carbonyl (C=O) groups excluding carboxylic acids is 1. The average Bonchev–Trinajstić information content (AvgIpc) is 2.84. The van der Waals surface area contributed by atoms with Gasteiger partial charge in [-0.25, -0.2) is 23.1 Å². The van der Waals surface area contributed by atoms with Crippen molar-refractivity contribution in [1.82, 2.24) is 14.9 Å². The summed E-state index contributed by atoms with van der Waals surface area (Å²) in [5, 5.41) is 2.19. The number of alkyl halides is 3. The minimum Gasteiger partial charge on any atom is -0.368 e. The quantitative estimate of drug-likeness (QED) is 0.458. The maximum Gasteiger partial charge on any atom is 0.417 e. The van der Waals surface area contributed by atoms with Crippen LogP contribution < -0.4 is 16.0 Å². The van der Waals surface area contributed by atoms with Gasteiger partial charge in [0.2, 0.25) is 5.95 Å². The molecule has 0 saturated carbocycles. The van der Waals surface area contributed by atoms with Crippen LogP contribution in [-0.2, 0) is 6.18 Å². The Bertz CT molecular complexity index is 1350. The number of halogens is 6. The number of nitrogens with two attached hydrogens (primary N) is 1. The van der Waals surface area contributed by atoms with E-state index in [1.807, 2.05) is 20.9 Å². The van der Waals surface area contributed by atoms with Gasteiger partial charge in [-0.05, 0) is 39.1 Å². The van der Waals surface area contributed by atoms with Gasteiger partial charge in [0, 0.05) is 49.2 Å². The number of anilines is 3. The molecule has 2 heterocycles. The monoisotopic (exact) mass is 538 g/mol. The normalized spacial score (nSPS) is 18.5. The molecule has 0 radical (unpaired) electrons. The SMILES string of the molecule is C[C@@H]1CN(c2cc(F)c(-c3cnc(N)nc3)c(F)c2NC(=O)c2ccc(F)cc2C(F)(F)F)C[C@H](C)N1C. The molecule has 0 unspecified atom stereocenters. The molecular formula is C25H24F6N6O. The first-order valence-electron chi connectivity index (χ1n) is 11.5. The molecule has 0 bridgehead atoms. The molecular weight excluding hydrogens is 514 g/mol. The Hall–Kier alpha value is -3.87. The summed E-state index contributed by atoms with van der Waals surface area (Å²) in [6.45, 7) is 4.44. The molecule has 1 saturated heterocycles. The largest absolute Gasteiger partial charge is 0.417 e. The van der Waals surface area contributed by atoms with Crippen LogP contribution in [0.2, 0.25) is 0 Å². The van der Waals surface area contributed by atoms with E-state index in [2.05, 4.69) is 20.2 Å². The Morgan fingerprint density at radius 3 is 2.24 bits per heavy atom. The van der Waals surface area contributed by atoms with Crippen molar-refractivity contribution in [3.63, 3.8) is 0 Å². The zero-order chi connectivity index (χ0) is 27.9. The third kappa shape index (κ3) is 5.23. The van der Waals surface area contributed by atoms with E-state index < -0.39 is 51.9 Å². The minimum atomic E-state index is -5.06. The van der Waals surface area contributed by atoms with Crippen molar-refractivity contribution in [1.29, 1.82) is 0 Å². The van der Waals surface area contributed by atoms with Gasteiger partial charge in [-0.3, -0.25) is 9.69 Å². The molecule has 0 aliphatic carbocycles. The first kappa shape index (κ1) is 27.2. The van der Waals surface area contributed by atoms with E-state index >= 15 is 8.78 Å². The number of nitrogens with one attached hydrogen (secondary N) is 1. The molecule has 3 N–H and O–H groups in total. The third-order valence-electron chi connectivity index (χ3n) is 6.63. The Kier molecular flexibility index (Phi) is 7.24. The fourth-order valence-electron chi connectivity index (χ4n) is 4.44. The molecule has 2 atom stereocenters. The van der Waals surface area contributed by atoms with Crippen LogP contribution in [0.3, 0.4) is 0 Å². The van der Waals surface area contributed by atoms with Crippen LogP contribution in [0.1, 0.15) is 29.8 Å². The number of carbonyl (C=O) groups is 1. The summed E-state index contributed by atoms with van der Waals surface area (Å²) in [5.41, 5.74) is 1.70. The molecule has 0 spiro atoms. The number of rotatable bonds is 4. The lowest BCUT2D eigenvalue weighted by Crippen LogP contribution is -2.55. The van der Waals surface area contributed by atoms with Gasteiger partial charge in [0.25, 0.3) is 5.91 Å². The number of benzene rings is 2. The van der Waals surface area contributed by atoms with Crippen LogP contribution in [0.5, 0.6) is 0 Å². The van der Waals surface area contributed by atoms with Crippen molar-refractivity contribution >= 4 is 23.2 Å². The van der Waals surface area contributed by atoms with Gasteiger partial charge in [-0.2, -0.15) is 13.2 Å². The van der Waals surface area contributed by atoms with Crippen molar-refractivity contribution in [2.24, 2.45) is 0 Å². The van der Waals surface area contributed by atoms with Crippen LogP contribution >= 0.6 is 0 Å². The number of nitrogens with zero attached hydrogens (tertiary/aromatic N) is 4. The van der Waals surface area contributed by atoms with E-state index in [1.165, 1.54) is 0 Å². The molecule has 13 heteroatoms. The average molecular weight is 538 g/mol. The third-order valence-corrected chi connectivity index (χ3v) is 6.63. The lowest BCUT2D eigenvalue weighted by Gasteiger charge is -2.44. The summed E-state index contributed by atoms with van der Waals surface area (Å²) < 4.78 is 85.7. The Balaban J connectivity index is 1.86. The van der Waals surface area contributed by atoms with Crippen molar-refractivity contribution < 1.29 is 31.1 Å². The molecule has 7 nitrogen and oxygen atoms in total. The Labute approximate surface area is 214 Å². The number of likely N-dealkylation sites (N-methyl/N-ethyl adjacent to an activating group) is 1. The highest BCUT2D eigenvalue weighted by atomic mass is 19.4. The maximum absolute atomic E-state index is 16.0. The molecule has 1 aliphatic rings. The van der Waals surface area contributed by atoms with Gasteiger partial charge >= 0.3 is 6.18 Å². The second-order valence-corrected chi connectivity index (χ2v) is 9.18.